The topological polar surface area (TPSA) is 46.5 Å². The number of aryl methyl sites for hydroxylation is 2. The highest BCUT2D eigenvalue weighted by atomic mass is 31.2. The van der Waals surface area contributed by atoms with Crippen molar-refractivity contribution in [1.82, 2.24) is 0 Å². The summed E-state index contributed by atoms with van der Waals surface area (Å²) in [6.07, 6.45) is 1.08. The van der Waals surface area contributed by atoms with Gasteiger partial charge in [0.2, 0.25) is 0 Å². The molecule has 4 heteroatoms. The quantitative estimate of drug-likeness (QED) is 0.674. The molecule has 0 saturated heterocycles. The molecule has 2 aromatic rings. The molecule has 0 spiro atoms. The molecule has 2 rings (SSSR count). The highest BCUT2D eigenvalue weighted by Crippen LogP contribution is 2.36. The van der Waals surface area contributed by atoms with Gasteiger partial charge in [0.25, 0.3) is 0 Å². The zero-order chi connectivity index (χ0) is 18.8. The highest BCUT2D eigenvalue weighted by Gasteiger charge is 2.12. The fourth-order valence-corrected chi connectivity index (χ4v) is 3.39. The summed E-state index contributed by atoms with van der Waals surface area (Å²) in [4.78, 5) is 0. The van der Waals surface area contributed by atoms with Gasteiger partial charge in [-0.25, -0.2) is 0 Å². The average molecular weight is 360 g/mol. The summed E-state index contributed by atoms with van der Waals surface area (Å²) in [5.41, 5.74) is 5.76. The van der Waals surface area contributed by atoms with E-state index >= 15 is 0 Å². The van der Waals surface area contributed by atoms with Crippen molar-refractivity contribution < 1.29 is 14.4 Å². The lowest BCUT2D eigenvalue weighted by molar-refractivity contribution is 0.377. The normalized spacial score (nSPS) is 11.8. The van der Waals surface area contributed by atoms with Gasteiger partial charge in [0, 0.05) is 0 Å². The molecule has 1 N–H and O–H groups in total. The first-order valence-corrected chi connectivity index (χ1v) is 11.4. The Bertz CT molecular complexity index is 780. The fourth-order valence-electron chi connectivity index (χ4n) is 2.93. The summed E-state index contributed by atoms with van der Waals surface area (Å²) in [5.74, 6) is 1.42. The average Bonchev–Trinajstić information content (AvgIpc) is 2.49. The predicted octanol–water partition coefficient (Wildman–Crippen LogP) is 5.68. The Morgan fingerprint density at radius 1 is 1.08 bits per heavy atom. The number of ether oxygens (including phenoxy) is 1. The van der Waals surface area contributed by atoms with E-state index < -0.39 is 7.14 Å². The Kier molecular flexibility index (Phi) is 6.00. The maximum absolute atomic E-state index is 11.8. The first-order valence-electron chi connectivity index (χ1n) is 8.65. The second-order valence-electron chi connectivity index (χ2n) is 7.61. The van der Waals surface area contributed by atoms with Gasteiger partial charge in [-0.1, -0.05) is 26.0 Å². The van der Waals surface area contributed by atoms with Crippen LogP contribution in [0.1, 0.15) is 47.6 Å². The minimum Gasteiger partial charge on any atom is -0.508 e. The van der Waals surface area contributed by atoms with Gasteiger partial charge in [-0.15, -0.1) is 0 Å². The van der Waals surface area contributed by atoms with Gasteiger partial charge in [0.05, 0.1) is 0 Å². The number of phenols is 1. The molecule has 25 heavy (non-hydrogen) atoms. The van der Waals surface area contributed by atoms with E-state index in [2.05, 4.69) is 33.8 Å². The van der Waals surface area contributed by atoms with Crippen LogP contribution in [0.3, 0.4) is 0 Å². The number of hydrogen-bond donors (Lipinski definition) is 1. The second-order valence-corrected chi connectivity index (χ2v) is 11.0. The minimum absolute atomic E-state index is 0.265. The molecule has 0 radical (unpaired) electrons. The largest absolute Gasteiger partial charge is 0.508 e. The van der Waals surface area contributed by atoms with Crippen molar-refractivity contribution in [2.75, 3.05) is 19.7 Å². The molecule has 0 aliphatic rings. The van der Waals surface area contributed by atoms with E-state index in [9.17, 15) is 9.67 Å². The van der Waals surface area contributed by atoms with Crippen LogP contribution in [0.4, 0.5) is 0 Å². The Morgan fingerprint density at radius 3 is 2.20 bits per heavy atom. The molecular weight excluding hydrogens is 331 g/mol. The summed E-state index contributed by atoms with van der Waals surface area (Å²) in [7, 11) is -2.19. The Balaban J connectivity index is 2.26. The molecule has 0 aromatic heterocycles. The van der Waals surface area contributed by atoms with Crippen molar-refractivity contribution in [2.24, 2.45) is 0 Å². The molecule has 136 valence electrons. The Hall–Kier alpha value is -1.73. The van der Waals surface area contributed by atoms with E-state index in [-0.39, 0.29) is 12.3 Å². The van der Waals surface area contributed by atoms with Crippen molar-refractivity contribution in [3.05, 3.63) is 58.1 Å². The summed E-state index contributed by atoms with van der Waals surface area (Å²) in [6.45, 7) is 11.8. The van der Waals surface area contributed by atoms with Crippen molar-refractivity contribution in [2.45, 2.75) is 40.0 Å². The van der Waals surface area contributed by atoms with Crippen molar-refractivity contribution in [3.8, 4) is 11.5 Å². The summed E-state index contributed by atoms with van der Waals surface area (Å²) in [6, 6.07) is 9.89. The molecule has 0 aliphatic heterocycles. The van der Waals surface area contributed by atoms with Gasteiger partial charge in [0.15, 0.2) is 0 Å². The van der Waals surface area contributed by atoms with E-state index in [0.29, 0.717) is 5.75 Å². The van der Waals surface area contributed by atoms with Gasteiger partial charge >= 0.3 is 0 Å². The molecule has 0 bridgehead atoms. The van der Waals surface area contributed by atoms with Crippen molar-refractivity contribution in [1.29, 1.82) is 0 Å². The number of aromatic hydroxyl groups is 1. The predicted molar refractivity (Wildman–Crippen MR) is 106 cm³/mol. The molecular formula is C21H29O3P. The van der Waals surface area contributed by atoms with Crippen LogP contribution < -0.4 is 4.74 Å². The van der Waals surface area contributed by atoms with Crippen LogP contribution >= 0.6 is 7.14 Å². The van der Waals surface area contributed by atoms with E-state index in [1.165, 1.54) is 11.1 Å². The lowest BCUT2D eigenvalue weighted by Crippen LogP contribution is -2.01. The summed E-state index contributed by atoms with van der Waals surface area (Å²) < 4.78 is 17.5. The molecule has 0 heterocycles. The van der Waals surface area contributed by atoms with E-state index in [1.807, 2.05) is 18.2 Å². The fraction of sp³-hybridized carbons (Fsp3) is 0.429. The van der Waals surface area contributed by atoms with Gasteiger partial charge in [-0.3, -0.25) is 0 Å². The SMILES string of the molecule is Cc1cc(OCP(C)(C)=O)cc(C)c1Cc1ccc(O)c(C(C)C)c1. The van der Waals surface area contributed by atoms with Crippen LogP contribution in [0.5, 0.6) is 11.5 Å². The van der Waals surface area contributed by atoms with E-state index in [0.717, 1.165) is 28.9 Å². The lowest BCUT2D eigenvalue weighted by atomic mass is 9.93. The van der Waals surface area contributed by atoms with Crippen molar-refractivity contribution in [3.63, 3.8) is 0 Å². The molecule has 0 aliphatic carbocycles. The third kappa shape index (κ3) is 5.37. The summed E-state index contributed by atoms with van der Waals surface area (Å²) >= 11 is 0. The second kappa shape index (κ2) is 7.66. The first kappa shape index (κ1) is 19.6. The Labute approximate surface area is 151 Å². The van der Waals surface area contributed by atoms with Gasteiger partial charge in [-0.05, 0) is 85.5 Å². The molecule has 3 nitrogen and oxygen atoms in total. The van der Waals surface area contributed by atoms with Crippen LogP contribution in [0.2, 0.25) is 0 Å². The van der Waals surface area contributed by atoms with Crippen LogP contribution in [0.25, 0.3) is 0 Å². The van der Waals surface area contributed by atoms with Crippen molar-refractivity contribution >= 4 is 7.14 Å². The molecule has 2 aromatic carbocycles. The molecule has 0 saturated carbocycles. The minimum atomic E-state index is -2.19. The van der Waals surface area contributed by atoms with Gasteiger partial charge in [0.1, 0.15) is 25.0 Å². The molecule has 0 unspecified atom stereocenters. The first-order chi connectivity index (χ1) is 11.6. The molecule has 0 amide bonds. The maximum Gasteiger partial charge on any atom is 0.140 e. The van der Waals surface area contributed by atoms with Crippen LogP contribution in [0.15, 0.2) is 30.3 Å². The van der Waals surface area contributed by atoms with Crippen LogP contribution in [-0.4, -0.2) is 24.8 Å². The van der Waals surface area contributed by atoms with E-state index in [1.54, 1.807) is 19.4 Å². The van der Waals surface area contributed by atoms with Gasteiger partial charge < -0.3 is 14.4 Å². The maximum atomic E-state index is 11.8. The number of rotatable bonds is 6. The highest BCUT2D eigenvalue weighted by molar-refractivity contribution is 7.62. The van der Waals surface area contributed by atoms with E-state index in [4.69, 9.17) is 4.74 Å². The smallest absolute Gasteiger partial charge is 0.140 e. The third-order valence-electron chi connectivity index (χ3n) is 4.31. The monoisotopic (exact) mass is 360 g/mol. The molecule has 0 atom stereocenters. The van der Waals surface area contributed by atoms with Crippen LogP contribution in [-0.2, 0) is 11.0 Å². The zero-order valence-corrected chi connectivity index (χ0v) is 17.0. The summed E-state index contributed by atoms with van der Waals surface area (Å²) in [5, 5.41) is 10.0. The number of hydrogen-bond acceptors (Lipinski definition) is 3. The standard InChI is InChI=1S/C21H29O3P/c1-14(2)19-11-17(7-8-21(19)22)12-20-15(3)9-18(10-16(20)4)24-13-25(5,6)23/h7-11,14,22H,12-13H2,1-6H3. The lowest BCUT2D eigenvalue weighted by Gasteiger charge is -2.16. The Morgan fingerprint density at radius 2 is 1.68 bits per heavy atom. The molecule has 0 fully saturated rings. The number of benzene rings is 2. The number of phenolic OH excluding ortho intramolecular Hbond substituents is 1. The van der Waals surface area contributed by atoms with Crippen LogP contribution in [0, 0.1) is 13.8 Å². The third-order valence-corrected chi connectivity index (χ3v) is 5.06. The van der Waals surface area contributed by atoms with Gasteiger partial charge in [-0.2, -0.15) is 0 Å². The zero-order valence-electron chi connectivity index (χ0n) is 16.1.